The highest BCUT2D eigenvalue weighted by Gasteiger charge is 2.15. The van der Waals surface area contributed by atoms with Gasteiger partial charge in [0.05, 0.1) is 6.54 Å². The summed E-state index contributed by atoms with van der Waals surface area (Å²) < 4.78 is 2.24. The summed E-state index contributed by atoms with van der Waals surface area (Å²) in [5.41, 5.74) is 8.49. The Morgan fingerprint density at radius 1 is 0.970 bits per heavy atom. The predicted octanol–water partition coefficient (Wildman–Crippen LogP) is 4.76. The van der Waals surface area contributed by atoms with Crippen molar-refractivity contribution < 1.29 is 0 Å². The quantitative estimate of drug-likeness (QED) is 0.416. The average Bonchev–Trinajstić information content (AvgIpc) is 3.46. The van der Waals surface area contributed by atoms with Gasteiger partial charge < -0.3 is 4.57 Å². The number of aryl methyl sites for hydroxylation is 3. The van der Waals surface area contributed by atoms with Crippen molar-refractivity contribution in [2.45, 2.75) is 33.7 Å². The third kappa shape index (κ3) is 4.17. The normalized spacial score (nSPS) is 11.9. The summed E-state index contributed by atoms with van der Waals surface area (Å²) in [7, 11) is 0. The second kappa shape index (κ2) is 8.78. The van der Waals surface area contributed by atoms with Gasteiger partial charge >= 0.3 is 0 Å². The van der Waals surface area contributed by atoms with Crippen molar-refractivity contribution in [3.63, 3.8) is 0 Å². The van der Waals surface area contributed by atoms with E-state index in [1.165, 1.54) is 5.56 Å². The average molecular weight is 436 g/mol. The van der Waals surface area contributed by atoms with E-state index in [0.717, 1.165) is 51.4 Å². The van der Waals surface area contributed by atoms with Gasteiger partial charge in [-0.05, 0) is 65.1 Å². The Morgan fingerprint density at radius 2 is 1.79 bits per heavy atom. The molecular formula is C26H25N7. The molecule has 0 aliphatic carbocycles. The molecule has 0 atom stereocenters. The van der Waals surface area contributed by atoms with Gasteiger partial charge in [0, 0.05) is 12.1 Å². The Balaban J connectivity index is 1.59. The van der Waals surface area contributed by atoms with Crippen LogP contribution in [0.25, 0.3) is 22.8 Å². The van der Waals surface area contributed by atoms with Crippen LogP contribution in [0.2, 0.25) is 0 Å². The highest BCUT2D eigenvalue weighted by atomic mass is 15.5. The molecule has 0 spiro atoms. The molecule has 0 bridgehead atoms. The third-order valence-electron chi connectivity index (χ3n) is 5.72. The van der Waals surface area contributed by atoms with Crippen molar-refractivity contribution in [3.05, 3.63) is 100 Å². The summed E-state index contributed by atoms with van der Waals surface area (Å²) in [6, 6.07) is 20.9. The molecule has 0 radical (unpaired) electrons. The van der Waals surface area contributed by atoms with E-state index in [9.17, 15) is 0 Å². The summed E-state index contributed by atoms with van der Waals surface area (Å²) in [6.07, 6.45) is 2.80. The number of fused-ring (bicyclic) bond motifs is 1. The molecule has 7 heteroatoms. The van der Waals surface area contributed by atoms with Crippen LogP contribution in [0.15, 0.2) is 60.7 Å². The van der Waals surface area contributed by atoms with Gasteiger partial charge in [-0.15, -0.1) is 10.2 Å². The molecule has 3 heterocycles. The number of aromatic nitrogens is 7. The molecule has 0 aliphatic heterocycles. The van der Waals surface area contributed by atoms with Crippen molar-refractivity contribution in [2.75, 3.05) is 0 Å². The van der Waals surface area contributed by atoms with Crippen LogP contribution >= 0.6 is 0 Å². The van der Waals surface area contributed by atoms with Crippen LogP contribution < -0.4 is 0 Å². The first-order valence-electron chi connectivity index (χ1n) is 11.1. The zero-order valence-corrected chi connectivity index (χ0v) is 18.9. The molecule has 0 amide bonds. The maximum Gasteiger partial charge on any atom is 0.198 e. The predicted molar refractivity (Wildman–Crippen MR) is 130 cm³/mol. The fourth-order valence-electron chi connectivity index (χ4n) is 4.22. The molecular weight excluding hydrogens is 410 g/mol. The second-order valence-electron chi connectivity index (χ2n) is 8.11. The van der Waals surface area contributed by atoms with E-state index in [1.807, 2.05) is 31.2 Å². The van der Waals surface area contributed by atoms with Crippen LogP contribution in [0.4, 0.5) is 0 Å². The number of hydrogen-bond donors (Lipinski definition) is 1. The standard InChI is InChI=1S/C26H25N7/c1-4-24-28-25-17(2)13-18(3)27-26(25)33(24)16-19-9-8-12-21(14-19)22(15-23-29-31-32-30-23)20-10-6-5-7-11-20/h5-15H,4,16H2,1-3H3,(H,29,30,31,32)/b22-15-. The Kier molecular flexibility index (Phi) is 5.52. The number of benzene rings is 2. The van der Waals surface area contributed by atoms with Gasteiger partial charge in [-0.1, -0.05) is 55.5 Å². The largest absolute Gasteiger partial charge is 0.308 e. The topological polar surface area (TPSA) is 85.2 Å². The summed E-state index contributed by atoms with van der Waals surface area (Å²) >= 11 is 0. The van der Waals surface area contributed by atoms with Gasteiger partial charge in [0.2, 0.25) is 0 Å². The van der Waals surface area contributed by atoms with E-state index >= 15 is 0 Å². The lowest BCUT2D eigenvalue weighted by Gasteiger charge is -2.12. The Labute approximate surface area is 192 Å². The molecule has 0 aliphatic rings. The molecule has 7 nitrogen and oxygen atoms in total. The number of rotatable bonds is 6. The summed E-state index contributed by atoms with van der Waals surface area (Å²) in [4.78, 5) is 9.70. The van der Waals surface area contributed by atoms with E-state index < -0.39 is 0 Å². The van der Waals surface area contributed by atoms with Crippen LogP contribution in [-0.2, 0) is 13.0 Å². The maximum atomic E-state index is 4.89. The van der Waals surface area contributed by atoms with Crippen LogP contribution in [0.3, 0.4) is 0 Å². The highest BCUT2D eigenvalue weighted by Crippen LogP contribution is 2.27. The van der Waals surface area contributed by atoms with Gasteiger partial charge in [-0.2, -0.15) is 5.21 Å². The minimum absolute atomic E-state index is 0.545. The van der Waals surface area contributed by atoms with Gasteiger partial charge in [0.15, 0.2) is 11.5 Å². The maximum absolute atomic E-state index is 4.89. The number of aromatic amines is 1. The molecule has 0 fully saturated rings. The van der Waals surface area contributed by atoms with Crippen LogP contribution in [0, 0.1) is 13.8 Å². The number of nitrogens with one attached hydrogen (secondary N) is 1. The highest BCUT2D eigenvalue weighted by molar-refractivity contribution is 5.90. The number of pyridine rings is 1. The summed E-state index contributed by atoms with van der Waals surface area (Å²) in [6.45, 7) is 6.97. The zero-order valence-electron chi connectivity index (χ0n) is 18.9. The van der Waals surface area contributed by atoms with Gasteiger partial charge in [0.1, 0.15) is 11.3 Å². The van der Waals surface area contributed by atoms with Crippen LogP contribution in [0.1, 0.15) is 46.5 Å². The van der Waals surface area contributed by atoms with Crippen molar-refractivity contribution in [2.24, 2.45) is 0 Å². The fourth-order valence-corrected chi connectivity index (χ4v) is 4.22. The summed E-state index contributed by atoms with van der Waals surface area (Å²) in [5, 5.41) is 14.5. The summed E-state index contributed by atoms with van der Waals surface area (Å²) in [5.74, 6) is 1.59. The van der Waals surface area contributed by atoms with E-state index in [2.05, 4.69) is 81.5 Å². The van der Waals surface area contributed by atoms with Gasteiger partial charge in [-0.25, -0.2) is 9.97 Å². The molecule has 0 saturated heterocycles. The third-order valence-corrected chi connectivity index (χ3v) is 5.72. The number of imidazole rings is 1. The molecule has 0 unspecified atom stereocenters. The van der Waals surface area contributed by atoms with Gasteiger partial charge in [0.25, 0.3) is 0 Å². The Bertz CT molecular complexity index is 1430. The lowest BCUT2D eigenvalue weighted by molar-refractivity contribution is 0.745. The van der Waals surface area contributed by atoms with E-state index in [-0.39, 0.29) is 0 Å². The lowest BCUT2D eigenvalue weighted by atomic mass is 9.96. The zero-order chi connectivity index (χ0) is 22.8. The lowest BCUT2D eigenvalue weighted by Crippen LogP contribution is -2.06. The molecule has 2 aromatic carbocycles. The van der Waals surface area contributed by atoms with E-state index in [4.69, 9.17) is 9.97 Å². The minimum atomic E-state index is 0.545. The first-order valence-corrected chi connectivity index (χ1v) is 11.1. The van der Waals surface area contributed by atoms with E-state index in [1.54, 1.807) is 0 Å². The molecule has 5 aromatic rings. The van der Waals surface area contributed by atoms with Crippen molar-refractivity contribution in [3.8, 4) is 0 Å². The molecule has 1 N–H and O–H groups in total. The SMILES string of the molecule is CCc1nc2c(C)cc(C)nc2n1Cc1cccc(/C(=C\c2nn[nH]n2)c2ccccc2)c1. The molecule has 5 rings (SSSR count). The van der Waals surface area contributed by atoms with E-state index in [0.29, 0.717) is 12.4 Å². The molecule has 3 aromatic heterocycles. The number of tetrazole rings is 1. The molecule has 33 heavy (non-hydrogen) atoms. The minimum Gasteiger partial charge on any atom is -0.308 e. The smallest absolute Gasteiger partial charge is 0.198 e. The van der Waals surface area contributed by atoms with Crippen LogP contribution in [0.5, 0.6) is 0 Å². The number of H-pyrrole nitrogens is 1. The molecule has 164 valence electrons. The molecule has 0 saturated carbocycles. The Morgan fingerprint density at radius 3 is 2.55 bits per heavy atom. The van der Waals surface area contributed by atoms with Crippen LogP contribution in [-0.4, -0.2) is 35.2 Å². The van der Waals surface area contributed by atoms with Crippen molar-refractivity contribution in [1.82, 2.24) is 35.2 Å². The number of hydrogen-bond acceptors (Lipinski definition) is 5. The fraction of sp³-hybridized carbons (Fsp3) is 0.192. The first kappa shape index (κ1) is 20.8. The second-order valence-corrected chi connectivity index (χ2v) is 8.11. The van der Waals surface area contributed by atoms with Crippen molar-refractivity contribution in [1.29, 1.82) is 0 Å². The number of nitrogens with zero attached hydrogens (tertiary/aromatic N) is 6. The van der Waals surface area contributed by atoms with Crippen molar-refractivity contribution >= 4 is 22.8 Å². The monoisotopic (exact) mass is 435 g/mol. The Hall–Kier alpha value is -4.13. The first-order chi connectivity index (χ1) is 16.1. The van der Waals surface area contributed by atoms with Gasteiger partial charge in [-0.3, -0.25) is 0 Å².